The molecule has 1 aliphatic carbocycles. The summed E-state index contributed by atoms with van der Waals surface area (Å²) in [6.45, 7) is 1.49. The van der Waals surface area contributed by atoms with Crippen LogP contribution in [0.3, 0.4) is 0 Å². The summed E-state index contributed by atoms with van der Waals surface area (Å²) in [7, 11) is 0. The lowest BCUT2D eigenvalue weighted by atomic mass is 9.90. The van der Waals surface area contributed by atoms with Crippen molar-refractivity contribution in [2.45, 2.75) is 25.4 Å². The summed E-state index contributed by atoms with van der Waals surface area (Å²) in [5, 5.41) is 18.3. The molecule has 1 rings (SSSR count). The third-order valence-corrected chi connectivity index (χ3v) is 1.71. The molecule has 0 bridgehead atoms. The monoisotopic (exact) mass is 142 g/mol. The Labute approximate surface area is 59.0 Å². The summed E-state index contributed by atoms with van der Waals surface area (Å²) in [5.41, 5.74) is -1.19. The fourth-order valence-corrected chi connectivity index (χ4v) is 0.875. The van der Waals surface area contributed by atoms with Crippen LogP contribution >= 0.6 is 0 Å². The van der Waals surface area contributed by atoms with Crippen LogP contribution < -0.4 is 0 Å². The highest BCUT2D eigenvalue weighted by Gasteiger charge is 2.30. The van der Waals surface area contributed by atoms with Crippen LogP contribution in [0, 0.1) is 0 Å². The van der Waals surface area contributed by atoms with Crippen LogP contribution in [0.25, 0.3) is 0 Å². The third-order valence-electron chi connectivity index (χ3n) is 1.71. The molecule has 1 atom stereocenters. The van der Waals surface area contributed by atoms with Gasteiger partial charge in [0, 0.05) is 12.5 Å². The van der Waals surface area contributed by atoms with Gasteiger partial charge in [-0.25, -0.2) is 0 Å². The van der Waals surface area contributed by atoms with E-state index in [2.05, 4.69) is 0 Å². The minimum atomic E-state index is -1.19. The third kappa shape index (κ3) is 1.19. The van der Waals surface area contributed by atoms with E-state index in [9.17, 15) is 9.90 Å². The van der Waals surface area contributed by atoms with Crippen molar-refractivity contribution in [2.75, 3.05) is 0 Å². The zero-order valence-electron chi connectivity index (χ0n) is 5.79. The van der Waals surface area contributed by atoms with E-state index in [1.807, 2.05) is 0 Å². The Morgan fingerprint density at radius 2 is 2.30 bits per heavy atom. The highest BCUT2D eigenvalue weighted by atomic mass is 16.3. The second-order valence-electron chi connectivity index (χ2n) is 2.77. The fourth-order valence-electron chi connectivity index (χ4n) is 0.875. The average Bonchev–Trinajstić information content (AvgIpc) is 1.81. The Bertz CT molecular complexity index is 191. The quantitative estimate of drug-likeness (QED) is 0.519. The SMILES string of the molecule is CC1(O)CCC(=O)C=C1O. The topological polar surface area (TPSA) is 57.5 Å². The first-order valence-electron chi connectivity index (χ1n) is 3.19. The molecule has 0 aromatic rings. The van der Waals surface area contributed by atoms with Gasteiger partial charge in [-0.1, -0.05) is 0 Å². The number of hydrogen-bond donors (Lipinski definition) is 2. The molecule has 0 amide bonds. The van der Waals surface area contributed by atoms with Gasteiger partial charge in [0.25, 0.3) is 0 Å². The molecule has 56 valence electrons. The van der Waals surface area contributed by atoms with Crippen LogP contribution in [0.4, 0.5) is 0 Å². The zero-order chi connectivity index (χ0) is 7.78. The zero-order valence-corrected chi connectivity index (χ0v) is 5.79. The first-order chi connectivity index (χ1) is 4.52. The normalized spacial score (nSPS) is 33.8. The largest absolute Gasteiger partial charge is 0.509 e. The van der Waals surface area contributed by atoms with Crippen molar-refractivity contribution in [3.8, 4) is 0 Å². The van der Waals surface area contributed by atoms with E-state index in [-0.39, 0.29) is 11.5 Å². The Morgan fingerprint density at radius 1 is 1.70 bits per heavy atom. The van der Waals surface area contributed by atoms with Crippen LogP contribution in [0.1, 0.15) is 19.8 Å². The molecule has 0 saturated heterocycles. The van der Waals surface area contributed by atoms with Gasteiger partial charge >= 0.3 is 0 Å². The highest BCUT2D eigenvalue weighted by Crippen LogP contribution is 2.24. The van der Waals surface area contributed by atoms with Crippen LogP contribution in [0.15, 0.2) is 11.8 Å². The summed E-state index contributed by atoms with van der Waals surface area (Å²) in [6, 6.07) is 0. The molecule has 0 radical (unpaired) electrons. The van der Waals surface area contributed by atoms with Gasteiger partial charge in [0.15, 0.2) is 5.78 Å². The van der Waals surface area contributed by atoms with E-state index in [1.54, 1.807) is 0 Å². The number of carbonyl (C=O) groups excluding carboxylic acids is 1. The number of ketones is 1. The number of allylic oxidation sites excluding steroid dienone is 1. The molecule has 1 unspecified atom stereocenters. The lowest BCUT2D eigenvalue weighted by Crippen LogP contribution is -2.31. The smallest absolute Gasteiger partial charge is 0.159 e. The van der Waals surface area contributed by atoms with Crippen LogP contribution in [0.2, 0.25) is 0 Å². The molecular weight excluding hydrogens is 132 g/mol. The molecule has 0 heterocycles. The molecule has 0 spiro atoms. The average molecular weight is 142 g/mol. The molecule has 10 heavy (non-hydrogen) atoms. The molecular formula is C7H10O3. The number of carbonyl (C=O) groups is 1. The summed E-state index contributed by atoms with van der Waals surface area (Å²) in [5.74, 6) is -0.340. The van der Waals surface area contributed by atoms with E-state index in [0.29, 0.717) is 12.8 Å². The van der Waals surface area contributed by atoms with Crippen molar-refractivity contribution in [3.05, 3.63) is 11.8 Å². The molecule has 0 saturated carbocycles. The Morgan fingerprint density at radius 3 is 2.70 bits per heavy atom. The predicted octanol–water partition coefficient (Wildman–Crippen LogP) is 0.542. The van der Waals surface area contributed by atoms with E-state index in [1.165, 1.54) is 6.92 Å². The van der Waals surface area contributed by atoms with Gasteiger partial charge in [-0.05, 0) is 13.3 Å². The Hall–Kier alpha value is -0.830. The van der Waals surface area contributed by atoms with Crippen molar-refractivity contribution in [2.24, 2.45) is 0 Å². The van der Waals surface area contributed by atoms with Crippen molar-refractivity contribution in [3.63, 3.8) is 0 Å². The standard InChI is InChI=1S/C7H10O3/c1-7(10)3-2-5(8)4-6(7)9/h4,9-10H,2-3H2,1H3. The maximum absolute atomic E-state index is 10.6. The van der Waals surface area contributed by atoms with Gasteiger partial charge in [0.05, 0.1) is 0 Å². The van der Waals surface area contributed by atoms with Crippen molar-refractivity contribution < 1.29 is 15.0 Å². The summed E-state index contributed by atoms with van der Waals surface area (Å²) in [4.78, 5) is 10.6. The molecule has 0 fully saturated rings. The van der Waals surface area contributed by atoms with Gasteiger partial charge in [-0.2, -0.15) is 0 Å². The number of aliphatic hydroxyl groups is 2. The van der Waals surface area contributed by atoms with Crippen LogP contribution in [0.5, 0.6) is 0 Å². The van der Waals surface area contributed by atoms with E-state index in [4.69, 9.17) is 5.11 Å². The molecule has 0 aliphatic heterocycles. The Kier molecular flexibility index (Phi) is 1.52. The first-order valence-corrected chi connectivity index (χ1v) is 3.19. The first kappa shape index (κ1) is 7.28. The molecule has 1 aliphatic rings. The van der Waals surface area contributed by atoms with Crippen LogP contribution in [-0.4, -0.2) is 21.6 Å². The molecule has 0 aromatic carbocycles. The van der Waals surface area contributed by atoms with Gasteiger partial charge < -0.3 is 10.2 Å². The van der Waals surface area contributed by atoms with Gasteiger partial charge in [-0.15, -0.1) is 0 Å². The fraction of sp³-hybridized carbons (Fsp3) is 0.571. The van der Waals surface area contributed by atoms with Gasteiger partial charge in [-0.3, -0.25) is 4.79 Å². The molecule has 3 nitrogen and oxygen atoms in total. The van der Waals surface area contributed by atoms with E-state index in [0.717, 1.165) is 6.08 Å². The highest BCUT2D eigenvalue weighted by molar-refractivity contribution is 5.91. The van der Waals surface area contributed by atoms with Crippen LogP contribution in [-0.2, 0) is 4.79 Å². The van der Waals surface area contributed by atoms with Gasteiger partial charge in [0.1, 0.15) is 11.4 Å². The number of aliphatic hydroxyl groups excluding tert-OH is 1. The van der Waals surface area contributed by atoms with Crippen molar-refractivity contribution in [1.82, 2.24) is 0 Å². The van der Waals surface area contributed by atoms with Crippen molar-refractivity contribution >= 4 is 5.78 Å². The lowest BCUT2D eigenvalue weighted by molar-refractivity contribution is -0.117. The molecule has 0 aromatic heterocycles. The number of hydrogen-bond acceptors (Lipinski definition) is 3. The summed E-state index contributed by atoms with van der Waals surface area (Å²) in [6.07, 6.45) is 1.72. The minimum Gasteiger partial charge on any atom is -0.509 e. The van der Waals surface area contributed by atoms with Gasteiger partial charge in [0.2, 0.25) is 0 Å². The molecule has 2 N–H and O–H groups in total. The van der Waals surface area contributed by atoms with Crippen molar-refractivity contribution in [1.29, 1.82) is 0 Å². The Balaban J connectivity index is 2.88. The molecule has 3 heteroatoms. The second kappa shape index (κ2) is 2.09. The predicted molar refractivity (Wildman–Crippen MR) is 35.6 cm³/mol. The van der Waals surface area contributed by atoms with E-state index < -0.39 is 5.60 Å². The maximum Gasteiger partial charge on any atom is 0.159 e. The minimum absolute atomic E-state index is 0.121. The van der Waals surface area contributed by atoms with E-state index >= 15 is 0 Å². The number of rotatable bonds is 0. The lowest BCUT2D eigenvalue weighted by Gasteiger charge is -2.24. The second-order valence-corrected chi connectivity index (χ2v) is 2.77. The maximum atomic E-state index is 10.6. The summed E-state index contributed by atoms with van der Waals surface area (Å²) >= 11 is 0. The summed E-state index contributed by atoms with van der Waals surface area (Å²) < 4.78 is 0.